The molecular weight excluding hydrogens is 308 g/mol. The van der Waals surface area contributed by atoms with Crippen LogP contribution in [0.15, 0.2) is 48.5 Å². The van der Waals surface area contributed by atoms with Crippen molar-refractivity contribution in [3.8, 4) is 11.5 Å². The highest BCUT2D eigenvalue weighted by Gasteiger charge is 2.07. The van der Waals surface area contributed by atoms with Crippen LogP contribution in [0.25, 0.3) is 0 Å². The minimum absolute atomic E-state index is 0.0891. The van der Waals surface area contributed by atoms with Crippen LogP contribution in [-0.4, -0.2) is 39.9 Å². The lowest BCUT2D eigenvalue weighted by Crippen LogP contribution is -2.20. The number of hydrogen-bond acceptors (Lipinski definition) is 5. The fraction of sp³-hybridized carbons (Fsp3) is 0.278. The van der Waals surface area contributed by atoms with Gasteiger partial charge in [-0.1, -0.05) is 12.1 Å². The lowest BCUT2D eigenvalue weighted by molar-refractivity contribution is -0.118. The van der Waals surface area contributed by atoms with Crippen molar-refractivity contribution in [2.75, 3.05) is 44.6 Å². The Hall–Kier alpha value is -2.73. The Kier molecular flexibility index (Phi) is 6.91. The Labute approximate surface area is 141 Å². The monoisotopic (exact) mass is 330 g/mol. The minimum Gasteiger partial charge on any atom is -0.493 e. The van der Waals surface area contributed by atoms with Gasteiger partial charge in [0.05, 0.1) is 13.7 Å². The summed E-state index contributed by atoms with van der Waals surface area (Å²) in [7, 11) is 3.22. The largest absolute Gasteiger partial charge is 0.493 e. The van der Waals surface area contributed by atoms with E-state index in [-0.39, 0.29) is 12.5 Å². The van der Waals surface area contributed by atoms with Crippen LogP contribution < -0.4 is 20.1 Å². The van der Waals surface area contributed by atoms with E-state index in [0.717, 1.165) is 12.2 Å². The van der Waals surface area contributed by atoms with Crippen molar-refractivity contribution in [2.45, 2.75) is 0 Å². The van der Waals surface area contributed by atoms with Crippen LogP contribution in [0.4, 0.5) is 11.4 Å². The SMILES string of the molecule is COCCNc1ccc(NC(=O)COc2ccccc2OC)cc1. The van der Waals surface area contributed by atoms with Crippen molar-refractivity contribution in [1.82, 2.24) is 0 Å². The second-order valence-electron chi connectivity index (χ2n) is 4.98. The molecule has 0 aliphatic heterocycles. The van der Waals surface area contributed by atoms with Gasteiger partial charge >= 0.3 is 0 Å². The third kappa shape index (κ3) is 5.48. The number of hydrogen-bond donors (Lipinski definition) is 2. The van der Waals surface area contributed by atoms with Crippen LogP contribution in [-0.2, 0) is 9.53 Å². The molecule has 24 heavy (non-hydrogen) atoms. The molecule has 0 spiro atoms. The zero-order chi connectivity index (χ0) is 17.2. The Morgan fingerprint density at radius 1 is 0.958 bits per heavy atom. The summed E-state index contributed by atoms with van der Waals surface area (Å²) in [5.41, 5.74) is 1.68. The van der Waals surface area contributed by atoms with Crippen LogP contribution in [0.5, 0.6) is 11.5 Å². The van der Waals surface area contributed by atoms with Crippen molar-refractivity contribution in [3.63, 3.8) is 0 Å². The second-order valence-corrected chi connectivity index (χ2v) is 4.98. The summed E-state index contributed by atoms with van der Waals surface area (Å²) in [6, 6.07) is 14.7. The van der Waals surface area contributed by atoms with Gasteiger partial charge in [-0.2, -0.15) is 0 Å². The van der Waals surface area contributed by atoms with Crippen molar-refractivity contribution in [1.29, 1.82) is 0 Å². The molecule has 0 fully saturated rings. The van der Waals surface area contributed by atoms with Crippen LogP contribution in [0.2, 0.25) is 0 Å². The van der Waals surface area contributed by atoms with Crippen molar-refractivity contribution >= 4 is 17.3 Å². The molecule has 128 valence electrons. The van der Waals surface area contributed by atoms with E-state index in [1.165, 1.54) is 0 Å². The minimum atomic E-state index is -0.235. The number of anilines is 2. The molecule has 6 heteroatoms. The first-order valence-electron chi connectivity index (χ1n) is 7.61. The molecule has 2 aromatic rings. The fourth-order valence-electron chi connectivity index (χ4n) is 2.05. The van der Waals surface area contributed by atoms with E-state index in [9.17, 15) is 4.79 Å². The van der Waals surface area contributed by atoms with E-state index >= 15 is 0 Å². The molecule has 0 saturated heterocycles. The van der Waals surface area contributed by atoms with Gasteiger partial charge in [0.15, 0.2) is 18.1 Å². The topological polar surface area (TPSA) is 68.8 Å². The van der Waals surface area contributed by atoms with E-state index in [1.807, 2.05) is 36.4 Å². The molecule has 0 aliphatic carbocycles. The van der Waals surface area contributed by atoms with Crippen LogP contribution in [0, 0.1) is 0 Å². The number of nitrogens with one attached hydrogen (secondary N) is 2. The van der Waals surface area contributed by atoms with Gasteiger partial charge in [-0.05, 0) is 36.4 Å². The van der Waals surface area contributed by atoms with Crippen LogP contribution in [0.1, 0.15) is 0 Å². The summed E-state index contributed by atoms with van der Waals surface area (Å²) in [4.78, 5) is 12.0. The Bertz CT molecular complexity index is 644. The fourth-order valence-corrected chi connectivity index (χ4v) is 2.05. The number of carbonyl (C=O) groups excluding carboxylic acids is 1. The van der Waals surface area contributed by atoms with E-state index in [4.69, 9.17) is 14.2 Å². The molecule has 0 unspecified atom stereocenters. The van der Waals surface area contributed by atoms with E-state index in [1.54, 1.807) is 26.4 Å². The lowest BCUT2D eigenvalue weighted by atomic mass is 10.2. The van der Waals surface area contributed by atoms with Gasteiger partial charge in [0.2, 0.25) is 0 Å². The van der Waals surface area contributed by atoms with Crippen molar-refractivity contribution in [3.05, 3.63) is 48.5 Å². The quantitative estimate of drug-likeness (QED) is 0.692. The Balaban J connectivity index is 1.81. The normalized spacial score (nSPS) is 10.1. The molecule has 0 aliphatic rings. The highest BCUT2D eigenvalue weighted by atomic mass is 16.5. The van der Waals surface area contributed by atoms with Crippen molar-refractivity contribution in [2.24, 2.45) is 0 Å². The average Bonchev–Trinajstić information content (AvgIpc) is 2.62. The van der Waals surface area contributed by atoms with Gasteiger partial charge in [-0.25, -0.2) is 0 Å². The van der Waals surface area contributed by atoms with Crippen LogP contribution >= 0.6 is 0 Å². The molecule has 0 heterocycles. The molecule has 0 saturated carbocycles. The predicted octanol–water partition coefficient (Wildman–Crippen LogP) is 2.77. The summed E-state index contributed by atoms with van der Waals surface area (Å²) in [6.07, 6.45) is 0. The number of para-hydroxylation sites is 2. The molecular formula is C18H22N2O4. The van der Waals surface area contributed by atoms with Gasteiger partial charge < -0.3 is 24.8 Å². The van der Waals surface area contributed by atoms with E-state index in [0.29, 0.717) is 23.8 Å². The maximum Gasteiger partial charge on any atom is 0.262 e. The smallest absolute Gasteiger partial charge is 0.262 e. The molecule has 0 atom stereocenters. The zero-order valence-corrected chi connectivity index (χ0v) is 13.9. The Morgan fingerprint density at radius 3 is 2.29 bits per heavy atom. The number of methoxy groups -OCH3 is 2. The summed E-state index contributed by atoms with van der Waals surface area (Å²) >= 11 is 0. The molecule has 0 bridgehead atoms. The van der Waals surface area contributed by atoms with Gasteiger partial charge in [-0.15, -0.1) is 0 Å². The van der Waals surface area contributed by atoms with E-state index < -0.39 is 0 Å². The first-order valence-corrected chi connectivity index (χ1v) is 7.61. The maximum absolute atomic E-state index is 12.0. The lowest BCUT2D eigenvalue weighted by Gasteiger charge is -2.11. The van der Waals surface area contributed by atoms with Gasteiger partial charge in [0.1, 0.15) is 0 Å². The molecule has 6 nitrogen and oxygen atoms in total. The predicted molar refractivity (Wildman–Crippen MR) is 93.9 cm³/mol. The number of benzene rings is 2. The number of amides is 1. The van der Waals surface area contributed by atoms with Gasteiger partial charge in [-0.3, -0.25) is 4.79 Å². The molecule has 0 radical (unpaired) electrons. The Morgan fingerprint density at radius 2 is 1.62 bits per heavy atom. The third-order valence-corrected chi connectivity index (χ3v) is 3.23. The molecule has 2 aromatic carbocycles. The zero-order valence-electron chi connectivity index (χ0n) is 13.9. The summed E-state index contributed by atoms with van der Waals surface area (Å²) in [5, 5.41) is 6.00. The molecule has 2 rings (SSSR count). The van der Waals surface area contributed by atoms with Crippen molar-refractivity contribution < 1.29 is 19.0 Å². The molecule has 2 N–H and O–H groups in total. The number of rotatable bonds is 9. The highest BCUT2D eigenvalue weighted by molar-refractivity contribution is 5.92. The number of carbonyl (C=O) groups is 1. The first-order chi connectivity index (χ1) is 11.7. The average molecular weight is 330 g/mol. The summed E-state index contributed by atoms with van der Waals surface area (Å²) in [6.45, 7) is 1.28. The maximum atomic E-state index is 12.0. The molecule has 0 aromatic heterocycles. The first kappa shape index (κ1) is 17.6. The standard InChI is InChI=1S/C18H22N2O4/c1-22-12-11-19-14-7-9-15(10-8-14)20-18(21)13-24-17-6-4-3-5-16(17)23-2/h3-10,19H,11-13H2,1-2H3,(H,20,21). The third-order valence-electron chi connectivity index (χ3n) is 3.23. The second kappa shape index (κ2) is 9.42. The van der Waals surface area contributed by atoms with E-state index in [2.05, 4.69) is 10.6 Å². The summed E-state index contributed by atoms with van der Waals surface area (Å²) < 4.78 is 15.6. The molecule has 1 amide bonds. The number of ether oxygens (including phenoxy) is 3. The van der Waals surface area contributed by atoms with Gasteiger partial charge in [0, 0.05) is 25.0 Å². The highest BCUT2D eigenvalue weighted by Crippen LogP contribution is 2.25. The summed E-state index contributed by atoms with van der Waals surface area (Å²) in [5.74, 6) is 0.894. The van der Waals surface area contributed by atoms with Crippen LogP contribution in [0.3, 0.4) is 0 Å². The van der Waals surface area contributed by atoms with Gasteiger partial charge in [0.25, 0.3) is 5.91 Å².